The number of piperidine rings is 1. The number of hydrogen-bond donors (Lipinski definition) is 1. The van der Waals surface area contributed by atoms with Gasteiger partial charge in [0.15, 0.2) is 10.4 Å². The third-order valence-electron chi connectivity index (χ3n) is 4.53. The monoisotopic (exact) mass is 413 g/mol. The number of likely N-dealkylation sites (tertiary alicyclic amines) is 1. The summed E-state index contributed by atoms with van der Waals surface area (Å²) in [6.07, 6.45) is 2.82. The Morgan fingerprint density at radius 3 is 3.08 bits per heavy atom. The Morgan fingerprint density at radius 2 is 2.31 bits per heavy atom. The molecule has 0 radical (unpaired) electrons. The Balaban J connectivity index is 1.62. The maximum absolute atomic E-state index is 12.8. The zero-order chi connectivity index (χ0) is 18.4. The molecule has 10 heteroatoms. The van der Waals surface area contributed by atoms with Gasteiger partial charge in [-0.3, -0.25) is 4.79 Å². The van der Waals surface area contributed by atoms with Crippen molar-refractivity contribution in [3.8, 4) is 5.88 Å². The molecule has 4 heterocycles. The standard InChI is InChI=1S/C16H16ClN3O4S2/c17-13-5-4-11(25-13)15(21)20-8-2-6-16(10-20)9-19-26(22,23)12-3-1-7-18-14(12)24-16/h1,3-5,7H,2,6,8-10H2,(H-,19,22,23). The van der Waals surface area contributed by atoms with Gasteiger partial charge in [0.1, 0.15) is 5.60 Å². The van der Waals surface area contributed by atoms with E-state index < -0.39 is 16.0 Å². The number of fused-ring (bicyclic) bond motifs is 1. The number of thiophene rings is 1. The number of hydrogen-bond acceptors (Lipinski definition) is 6. The number of ether oxygens (including phenoxy) is 1. The lowest BCUT2D eigenvalue weighted by Crippen LogP contribution is -2.58. The number of rotatable bonds is 1. The number of nitrogens with zero attached hydrogens (tertiary/aromatic N) is 2. The van der Waals surface area contributed by atoms with Crippen LogP contribution in [0.1, 0.15) is 22.5 Å². The van der Waals surface area contributed by atoms with Gasteiger partial charge < -0.3 is 14.2 Å². The summed E-state index contributed by atoms with van der Waals surface area (Å²) in [7, 11) is -3.70. The number of sulfonamides is 1. The van der Waals surface area contributed by atoms with E-state index in [0.717, 1.165) is 0 Å². The highest BCUT2D eigenvalue weighted by atomic mass is 35.5. The molecule has 1 spiro atoms. The molecule has 7 nitrogen and oxygen atoms in total. The minimum Gasteiger partial charge on any atom is -0.593 e. The van der Waals surface area contributed by atoms with Crippen molar-refractivity contribution in [1.82, 2.24) is 14.6 Å². The molecule has 2 aromatic rings. The molecule has 2 aromatic heterocycles. The van der Waals surface area contributed by atoms with Crippen LogP contribution in [0.15, 0.2) is 35.4 Å². The van der Waals surface area contributed by atoms with Crippen molar-refractivity contribution in [2.45, 2.75) is 23.3 Å². The van der Waals surface area contributed by atoms with Crippen LogP contribution in [-0.2, 0) is 14.6 Å². The number of pyridine rings is 1. The second-order valence-corrected chi connectivity index (χ2v) is 9.80. The quantitative estimate of drug-likeness (QED) is 0.724. The minimum absolute atomic E-state index is 0.0189. The lowest BCUT2D eigenvalue weighted by molar-refractivity contribution is -0.00385. The smallest absolute Gasteiger partial charge is 0.272 e. The molecule has 138 valence electrons. The average Bonchev–Trinajstić information content (AvgIpc) is 3.02. The largest absolute Gasteiger partial charge is 0.593 e. The zero-order valence-corrected chi connectivity index (χ0v) is 16.0. The lowest BCUT2D eigenvalue weighted by Gasteiger charge is -2.41. The van der Waals surface area contributed by atoms with Gasteiger partial charge >= 0.3 is 0 Å². The Morgan fingerprint density at radius 1 is 1.46 bits per heavy atom. The van der Waals surface area contributed by atoms with Crippen molar-refractivity contribution in [1.29, 1.82) is 0 Å². The molecule has 2 aliphatic rings. The fourth-order valence-electron chi connectivity index (χ4n) is 3.29. The van der Waals surface area contributed by atoms with Crippen LogP contribution in [0.5, 0.6) is 5.88 Å². The SMILES string of the molecule is O=C(c1ccc(Cl)s1)N1CCCC2(CN[S+](=O)([O-])c3cccnc3O2)C1. The van der Waals surface area contributed by atoms with E-state index in [1.807, 2.05) is 0 Å². The number of aromatic nitrogens is 1. The topological polar surface area (TPSA) is 94.6 Å². The molecule has 1 fully saturated rings. The van der Waals surface area contributed by atoms with Crippen LogP contribution in [-0.4, -0.2) is 45.6 Å². The first kappa shape index (κ1) is 17.9. The number of carbonyl (C=O) groups excluding carboxylic acids is 1. The summed E-state index contributed by atoms with van der Waals surface area (Å²) in [5.74, 6) is -0.0520. The predicted octanol–water partition coefficient (Wildman–Crippen LogP) is 2.36. The highest BCUT2D eigenvalue weighted by Gasteiger charge is 2.46. The molecule has 0 bridgehead atoms. The fraction of sp³-hybridized carbons (Fsp3) is 0.375. The van der Waals surface area contributed by atoms with Crippen LogP contribution in [0.3, 0.4) is 0 Å². The first-order chi connectivity index (χ1) is 12.4. The first-order valence-corrected chi connectivity index (χ1v) is 10.7. The molecule has 0 saturated carbocycles. The Bertz CT molecular complexity index is 905. The van der Waals surface area contributed by atoms with E-state index in [1.165, 1.54) is 23.6 Å². The minimum atomic E-state index is -3.70. The normalized spacial score (nSPS) is 28.3. The number of carbonyl (C=O) groups is 1. The molecule has 2 unspecified atom stereocenters. The van der Waals surface area contributed by atoms with Crippen molar-refractivity contribution < 1.29 is 18.3 Å². The second-order valence-electron chi connectivity index (χ2n) is 6.35. The molecule has 1 amide bonds. The van der Waals surface area contributed by atoms with E-state index in [9.17, 15) is 13.6 Å². The molecular formula is C16H16ClN3O4S2. The van der Waals surface area contributed by atoms with E-state index in [-0.39, 0.29) is 29.8 Å². The first-order valence-electron chi connectivity index (χ1n) is 8.07. The van der Waals surface area contributed by atoms with Gasteiger partial charge in [0.25, 0.3) is 11.8 Å². The van der Waals surface area contributed by atoms with Crippen LogP contribution < -0.4 is 9.46 Å². The molecule has 1 N–H and O–H groups in total. The Kier molecular flexibility index (Phi) is 4.52. The van der Waals surface area contributed by atoms with Crippen LogP contribution in [0.4, 0.5) is 0 Å². The van der Waals surface area contributed by atoms with Crippen molar-refractivity contribution in [3.05, 3.63) is 39.7 Å². The third-order valence-corrected chi connectivity index (χ3v) is 7.17. The molecule has 2 aliphatic heterocycles. The van der Waals surface area contributed by atoms with E-state index in [4.69, 9.17) is 16.3 Å². The van der Waals surface area contributed by atoms with Gasteiger partial charge in [0.05, 0.1) is 22.3 Å². The van der Waals surface area contributed by atoms with Crippen molar-refractivity contribution in [3.63, 3.8) is 0 Å². The van der Waals surface area contributed by atoms with Crippen LogP contribution in [0.2, 0.25) is 4.34 Å². The van der Waals surface area contributed by atoms with E-state index in [2.05, 4.69) is 9.71 Å². The summed E-state index contributed by atoms with van der Waals surface area (Å²) in [6, 6.07) is 6.40. The van der Waals surface area contributed by atoms with E-state index in [0.29, 0.717) is 28.6 Å². The summed E-state index contributed by atoms with van der Waals surface area (Å²) in [5, 5.41) is 0. The number of halogens is 1. The maximum atomic E-state index is 12.8. The van der Waals surface area contributed by atoms with Gasteiger partial charge in [-0.1, -0.05) is 15.8 Å². The van der Waals surface area contributed by atoms with Crippen molar-refractivity contribution in [2.24, 2.45) is 0 Å². The molecule has 1 saturated heterocycles. The Hall–Kier alpha value is -1.52. The Labute approximate surface area is 160 Å². The molecule has 2 atom stereocenters. The van der Waals surface area contributed by atoms with Gasteiger partial charge in [0.2, 0.25) is 4.90 Å². The van der Waals surface area contributed by atoms with Crippen LogP contribution in [0, 0.1) is 0 Å². The lowest BCUT2D eigenvalue weighted by atomic mass is 9.92. The summed E-state index contributed by atoms with van der Waals surface area (Å²) < 4.78 is 34.1. The predicted molar refractivity (Wildman–Crippen MR) is 97.2 cm³/mol. The van der Waals surface area contributed by atoms with Gasteiger partial charge in [-0.15, -0.1) is 16.1 Å². The average molecular weight is 414 g/mol. The summed E-state index contributed by atoms with van der Waals surface area (Å²) in [6.45, 7) is 0.946. The summed E-state index contributed by atoms with van der Waals surface area (Å²) >= 11 is 7.16. The van der Waals surface area contributed by atoms with Crippen LogP contribution >= 0.6 is 22.9 Å². The summed E-state index contributed by atoms with van der Waals surface area (Å²) in [4.78, 5) is 19.1. The van der Waals surface area contributed by atoms with E-state index >= 15 is 0 Å². The molecule has 26 heavy (non-hydrogen) atoms. The maximum Gasteiger partial charge on any atom is 0.272 e. The zero-order valence-electron chi connectivity index (χ0n) is 13.6. The molecule has 0 aromatic carbocycles. The van der Waals surface area contributed by atoms with Crippen LogP contribution in [0.25, 0.3) is 0 Å². The molecular weight excluding hydrogens is 398 g/mol. The van der Waals surface area contributed by atoms with Gasteiger partial charge in [0, 0.05) is 18.8 Å². The molecule has 0 aliphatic carbocycles. The third kappa shape index (κ3) is 3.25. The second kappa shape index (κ2) is 6.58. The number of amides is 1. The highest BCUT2D eigenvalue weighted by molar-refractivity contribution is 7.95. The molecule has 4 rings (SSSR count). The van der Waals surface area contributed by atoms with Crippen molar-refractivity contribution in [2.75, 3.05) is 19.6 Å². The highest BCUT2D eigenvalue weighted by Crippen LogP contribution is 2.35. The van der Waals surface area contributed by atoms with E-state index in [1.54, 1.807) is 23.1 Å². The number of nitrogens with one attached hydrogen (secondary N) is 1. The van der Waals surface area contributed by atoms with Crippen molar-refractivity contribution >= 4 is 39.2 Å². The van der Waals surface area contributed by atoms with Gasteiger partial charge in [-0.25, -0.2) is 4.98 Å². The van der Waals surface area contributed by atoms with Gasteiger partial charge in [-0.2, -0.15) is 0 Å². The van der Waals surface area contributed by atoms with Gasteiger partial charge in [-0.05, 0) is 31.0 Å². The fourth-order valence-corrected chi connectivity index (χ4v) is 5.49. The summed E-state index contributed by atoms with van der Waals surface area (Å²) in [5.41, 5.74) is -0.846.